The fourth-order valence-corrected chi connectivity index (χ4v) is 3.57. The largest absolute Gasteiger partial charge is 0.396 e. The number of aromatic nitrogens is 2. The monoisotopic (exact) mass is 469 g/mol. The number of nitrogens with zero attached hydrogens (tertiary/aromatic N) is 2. The van der Waals surface area contributed by atoms with Crippen LogP contribution in [0, 0.1) is 11.6 Å². The van der Waals surface area contributed by atoms with Crippen molar-refractivity contribution >= 4 is 28.1 Å². The van der Waals surface area contributed by atoms with Gasteiger partial charge in [0.1, 0.15) is 23.8 Å². The number of nitrogen functional groups attached to an aromatic ring is 1. The SMILES string of the molecule is CNc1ncnc2ccc(-c3cccc(CNc4ccccc4F)c3)cc12.Nc1ccccc1F. The average molecular weight is 470 g/mol. The van der Waals surface area contributed by atoms with Crippen molar-refractivity contribution in [2.75, 3.05) is 23.4 Å². The van der Waals surface area contributed by atoms with Crippen LogP contribution < -0.4 is 16.4 Å². The van der Waals surface area contributed by atoms with E-state index in [1.807, 2.05) is 31.3 Å². The van der Waals surface area contributed by atoms with Crippen molar-refractivity contribution < 1.29 is 8.78 Å². The summed E-state index contributed by atoms with van der Waals surface area (Å²) in [4.78, 5) is 8.60. The first-order valence-corrected chi connectivity index (χ1v) is 11.1. The molecule has 0 fully saturated rings. The summed E-state index contributed by atoms with van der Waals surface area (Å²) in [5, 5.41) is 7.24. The molecule has 0 amide bonds. The standard InChI is InChI=1S/C22H19FN4.C6H6FN/c1-24-22-18-12-17(9-10-20(18)26-14-27-22)16-6-4-5-15(11-16)13-25-21-8-3-2-7-19(21)23;7-5-3-1-2-4-6(5)8/h2-12,14,25H,13H2,1H3,(H,24,26,27);1-4H,8H2. The van der Waals surface area contributed by atoms with Crippen molar-refractivity contribution in [2.45, 2.75) is 6.54 Å². The van der Waals surface area contributed by atoms with E-state index in [4.69, 9.17) is 5.73 Å². The first-order valence-electron chi connectivity index (χ1n) is 11.1. The molecule has 0 spiro atoms. The lowest BCUT2D eigenvalue weighted by Gasteiger charge is -2.10. The number of hydrogen-bond donors (Lipinski definition) is 3. The van der Waals surface area contributed by atoms with Crippen molar-refractivity contribution in [3.63, 3.8) is 0 Å². The molecule has 5 rings (SSSR count). The lowest BCUT2D eigenvalue weighted by molar-refractivity contribution is 0.630. The number of hydrogen-bond acceptors (Lipinski definition) is 5. The van der Waals surface area contributed by atoms with Crippen LogP contribution in [0.2, 0.25) is 0 Å². The zero-order chi connectivity index (χ0) is 24.6. The molecule has 0 aliphatic heterocycles. The molecule has 1 aromatic heterocycles. The summed E-state index contributed by atoms with van der Waals surface area (Å²) in [6.45, 7) is 0.549. The predicted molar refractivity (Wildman–Crippen MR) is 139 cm³/mol. The molecule has 176 valence electrons. The number of halogens is 2. The van der Waals surface area contributed by atoms with Crippen molar-refractivity contribution in [2.24, 2.45) is 0 Å². The van der Waals surface area contributed by atoms with Crippen molar-refractivity contribution in [1.29, 1.82) is 0 Å². The third-order valence-corrected chi connectivity index (χ3v) is 5.39. The van der Waals surface area contributed by atoms with Crippen LogP contribution in [-0.2, 0) is 6.54 Å². The summed E-state index contributed by atoms with van der Waals surface area (Å²) in [6, 6.07) is 27.2. The predicted octanol–water partition coefficient (Wildman–Crippen LogP) is 6.50. The number of fused-ring (bicyclic) bond motifs is 1. The molecule has 0 saturated heterocycles. The smallest absolute Gasteiger partial charge is 0.146 e. The Balaban J connectivity index is 0.000000308. The Kier molecular flexibility index (Phi) is 7.47. The Hall–Kier alpha value is -4.52. The second kappa shape index (κ2) is 11.1. The molecule has 7 heteroatoms. The van der Waals surface area contributed by atoms with E-state index in [1.165, 1.54) is 18.2 Å². The van der Waals surface area contributed by atoms with Gasteiger partial charge in [0.05, 0.1) is 16.9 Å². The van der Waals surface area contributed by atoms with Crippen molar-refractivity contribution in [1.82, 2.24) is 9.97 Å². The van der Waals surface area contributed by atoms with E-state index in [1.54, 1.807) is 30.6 Å². The summed E-state index contributed by atoms with van der Waals surface area (Å²) < 4.78 is 26.0. The molecule has 5 aromatic rings. The molecule has 0 saturated carbocycles. The highest BCUT2D eigenvalue weighted by Crippen LogP contribution is 2.27. The fourth-order valence-electron chi connectivity index (χ4n) is 3.57. The van der Waals surface area contributed by atoms with E-state index >= 15 is 0 Å². The molecule has 0 bridgehead atoms. The lowest BCUT2D eigenvalue weighted by Crippen LogP contribution is -2.01. The highest BCUT2D eigenvalue weighted by molar-refractivity contribution is 5.92. The summed E-state index contributed by atoms with van der Waals surface area (Å²) in [6.07, 6.45) is 1.56. The normalized spacial score (nSPS) is 10.4. The fraction of sp³-hybridized carbons (Fsp3) is 0.0714. The molecular formula is C28H25F2N5. The molecule has 1 heterocycles. The van der Waals surface area contributed by atoms with Gasteiger partial charge < -0.3 is 16.4 Å². The number of nitrogens with one attached hydrogen (secondary N) is 2. The van der Waals surface area contributed by atoms with Crippen LogP contribution in [0.5, 0.6) is 0 Å². The van der Waals surface area contributed by atoms with Gasteiger partial charge in [-0.3, -0.25) is 0 Å². The Morgan fingerprint density at radius 3 is 2.23 bits per heavy atom. The molecule has 35 heavy (non-hydrogen) atoms. The van der Waals surface area contributed by atoms with E-state index < -0.39 is 0 Å². The third kappa shape index (κ3) is 5.89. The minimum atomic E-state index is -0.354. The molecule has 4 aromatic carbocycles. The Bertz CT molecular complexity index is 1420. The van der Waals surface area contributed by atoms with Crippen LogP contribution in [0.1, 0.15) is 5.56 Å². The lowest BCUT2D eigenvalue weighted by atomic mass is 10.0. The quantitative estimate of drug-likeness (QED) is 0.256. The number of rotatable bonds is 5. The van der Waals surface area contributed by atoms with Crippen LogP contribution in [0.15, 0.2) is 97.3 Å². The van der Waals surface area contributed by atoms with Gasteiger partial charge in [0.25, 0.3) is 0 Å². The maximum Gasteiger partial charge on any atom is 0.146 e. The van der Waals surface area contributed by atoms with Crippen molar-refractivity contribution in [3.8, 4) is 11.1 Å². The molecule has 0 aliphatic rings. The average Bonchev–Trinajstić information content (AvgIpc) is 2.90. The van der Waals surface area contributed by atoms with E-state index in [9.17, 15) is 8.78 Å². The second-order valence-electron chi connectivity index (χ2n) is 7.76. The highest BCUT2D eigenvalue weighted by Gasteiger charge is 2.06. The maximum atomic E-state index is 13.8. The van der Waals surface area contributed by atoms with Crippen LogP contribution in [0.25, 0.3) is 22.0 Å². The second-order valence-corrected chi connectivity index (χ2v) is 7.76. The van der Waals surface area contributed by atoms with Crippen LogP contribution in [0.3, 0.4) is 0 Å². The van der Waals surface area contributed by atoms with Gasteiger partial charge >= 0.3 is 0 Å². The Morgan fingerprint density at radius 2 is 1.51 bits per heavy atom. The van der Waals surface area contributed by atoms with Gasteiger partial charge in [-0.15, -0.1) is 0 Å². The van der Waals surface area contributed by atoms with Crippen LogP contribution >= 0.6 is 0 Å². The molecule has 4 N–H and O–H groups in total. The van der Waals surface area contributed by atoms with E-state index in [2.05, 4.69) is 44.9 Å². The number of para-hydroxylation sites is 2. The van der Waals surface area contributed by atoms with Gasteiger partial charge in [-0.05, 0) is 59.2 Å². The third-order valence-electron chi connectivity index (χ3n) is 5.39. The van der Waals surface area contributed by atoms with Crippen LogP contribution in [-0.4, -0.2) is 17.0 Å². The number of benzene rings is 4. The van der Waals surface area contributed by atoms with Gasteiger partial charge in [0.15, 0.2) is 0 Å². The topological polar surface area (TPSA) is 75.9 Å². The highest BCUT2D eigenvalue weighted by atomic mass is 19.1. The van der Waals surface area contributed by atoms with Gasteiger partial charge in [0, 0.05) is 19.0 Å². The van der Waals surface area contributed by atoms with Gasteiger partial charge in [0.2, 0.25) is 0 Å². The molecule has 0 unspecified atom stereocenters. The molecule has 0 radical (unpaired) electrons. The zero-order valence-electron chi connectivity index (χ0n) is 19.2. The molecule has 5 nitrogen and oxygen atoms in total. The minimum absolute atomic E-state index is 0.201. The first-order chi connectivity index (χ1) is 17.0. The van der Waals surface area contributed by atoms with Gasteiger partial charge in [-0.1, -0.05) is 48.5 Å². The van der Waals surface area contributed by atoms with E-state index in [0.717, 1.165) is 33.4 Å². The maximum absolute atomic E-state index is 13.8. The zero-order valence-corrected chi connectivity index (χ0v) is 19.2. The first kappa shape index (κ1) is 23.6. The van der Waals surface area contributed by atoms with E-state index in [-0.39, 0.29) is 17.3 Å². The van der Waals surface area contributed by atoms with Crippen molar-refractivity contribution in [3.05, 3.63) is 115 Å². The molecular weight excluding hydrogens is 444 g/mol. The molecule has 0 aliphatic carbocycles. The summed E-state index contributed by atoms with van der Waals surface area (Å²) in [7, 11) is 1.85. The summed E-state index contributed by atoms with van der Waals surface area (Å²) >= 11 is 0. The summed E-state index contributed by atoms with van der Waals surface area (Å²) in [5.41, 5.74) is 10.0. The Morgan fingerprint density at radius 1 is 0.771 bits per heavy atom. The number of anilines is 3. The Labute approximate surface area is 202 Å². The van der Waals surface area contributed by atoms with Gasteiger partial charge in [-0.25, -0.2) is 18.7 Å². The van der Waals surface area contributed by atoms with Gasteiger partial charge in [-0.2, -0.15) is 0 Å². The molecule has 0 atom stereocenters. The van der Waals surface area contributed by atoms with Crippen LogP contribution in [0.4, 0.5) is 26.0 Å². The van der Waals surface area contributed by atoms with E-state index in [0.29, 0.717) is 12.2 Å². The minimum Gasteiger partial charge on any atom is -0.396 e. The number of nitrogens with two attached hydrogens (primary N) is 1. The summed E-state index contributed by atoms with van der Waals surface area (Å²) in [5.74, 6) is 0.203.